The van der Waals surface area contributed by atoms with Crippen LogP contribution in [0.4, 0.5) is 8.78 Å². The predicted octanol–water partition coefficient (Wildman–Crippen LogP) is 5.22. The van der Waals surface area contributed by atoms with E-state index in [4.69, 9.17) is 5.26 Å². The van der Waals surface area contributed by atoms with Crippen LogP contribution in [0.1, 0.15) is 18.2 Å². The Balaban J connectivity index is 1.78. The summed E-state index contributed by atoms with van der Waals surface area (Å²) in [6, 6.07) is 18.0. The zero-order chi connectivity index (χ0) is 22.4. The lowest BCUT2D eigenvalue weighted by Gasteiger charge is -2.07. The number of nitrogens with one attached hydrogen (secondary N) is 1. The molecule has 5 nitrogen and oxygen atoms in total. The molecule has 0 radical (unpaired) electrons. The highest BCUT2D eigenvalue weighted by Crippen LogP contribution is 2.31. The summed E-state index contributed by atoms with van der Waals surface area (Å²) < 4.78 is 29.3. The first-order valence-electron chi connectivity index (χ1n) is 10.0. The molecule has 2 aromatic heterocycles. The minimum Gasteiger partial charge on any atom is -0.339 e. The minimum atomic E-state index is -0.720. The molecule has 2 heterocycles. The predicted molar refractivity (Wildman–Crippen MR) is 118 cm³/mol. The van der Waals surface area contributed by atoms with Gasteiger partial charge in [-0.15, -0.1) is 0 Å². The number of aryl methyl sites for hydroxylation is 1. The lowest BCUT2D eigenvalue weighted by atomic mass is 10.0. The number of benzene rings is 3. The number of rotatable bonds is 3. The number of aromatic nitrogens is 3. The van der Waals surface area contributed by atoms with Crippen molar-refractivity contribution < 1.29 is 8.78 Å². The van der Waals surface area contributed by atoms with Gasteiger partial charge in [0.1, 0.15) is 17.3 Å². The molecule has 0 atom stereocenters. The Morgan fingerprint density at radius 2 is 1.78 bits per heavy atom. The summed E-state index contributed by atoms with van der Waals surface area (Å²) in [5.41, 5.74) is 4.03. The standard InChI is InChI=1S/C25H16F2N4O/c1-2-21-23(18-10-8-17(26)12-20(18)27)24-29-22-11-16(15-5-3-14(13-28)4-6-15)7-9-19(22)25(32)31(24)30-21/h3-12,29H,2H2,1H3. The molecule has 5 aromatic rings. The molecule has 0 aliphatic rings. The Morgan fingerprint density at radius 1 is 1.03 bits per heavy atom. The van der Waals surface area contributed by atoms with Gasteiger partial charge in [-0.05, 0) is 53.9 Å². The Hall–Kier alpha value is -4.31. The molecule has 0 unspecified atom stereocenters. The topological polar surface area (TPSA) is 74.0 Å². The van der Waals surface area contributed by atoms with Crippen LogP contribution in [0.2, 0.25) is 0 Å². The van der Waals surface area contributed by atoms with Gasteiger partial charge in [-0.25, -0.2) is 8.78 Å². The van der Waals surface area contributed by atoms with Crippen molar-refractivity contribution in [2.24, 2.45) is 0 Å². The van der Waals surface area contributed by atoms with Crippen LogP contribution < -0.4 is 5.56 Å². The van der Waals surface area contributed by atoms with E-state index in [9.17, 15) is 13.6 Å². The Labute approximate surface area is 181 Å². The molecule has 1 N–H and O–H groups in total. The van der Waals surface area contributed by atoms with Gasteiger partial charge in [0.05, 0.1) is 33.8 Å². The molecular weight excluding hydrogens is 410 g/mol. The summed E-state index contributed by atoms with van der Waals surface area (Å²) in [5.74, 6) is -1.39. The molecule has 32 heavy (non-hydrogen) atoms. The van der Waals surface area contributed by atoms with Crippen LogP contribution in [0, 0.1) is 23.0 Å². The molecule has 0 amide bonds. The lowest BCUT2D eigenvalue weighted by Crippen LogP contribution is -2.15. The molecule has 0 spiro atoms. The fraction of sp³-hybridized carbons (Fsp3) is 0.0800. The van der Waals surface area contributed by atoms with Gasteiger partial charge in [0, 0.05) is 11.6 Å². The highest BCUT2D eigenvalue weighted by molar-refractivity contribution is 5.89. The van der Waals surface area contributed by atoms with E-state index >= 15 is 0 Å². The highest BCUT2D eigenvalue weighted by Gasteiger charge is 2.20. The number of hydrogen-bond acceptors (Lipinski definition) is 3. The van der Waals surface area contributed by atoms with Crippen molar-refractivity contribution in [2.45, 2.75) is 13.3 Å². The Bertz CT molecular complexity index is 1610. The Kier molecular flexibility index (Phi) is 4.56. The van der Waals surface area contributed by atoms with E-state index in [2.05, 4.69) is 16.2 Å². The van der Waals surface area contributed by atoms with Gasteiger partial charge in [-0.1, -0.05) is 25.1 Å². The second kappa shape index (κ2) is 7.43. The quantitative estimate of drug-likeness (QED) is 0.430. The van der Waals surface area contributed by atoms with Crippen LogP contribution in [0.3, 0.4) is 0 Å². The summed E-state index contributed by atoms with van der Waals surface area (Å²) in [7, 11) is 0. The number of fused-ring (bicyclic) bond motifs is 2. The molecule has 0 fully saturated rings. The van der Waals surface area contributed by atoms with Crippen molar-refractivity contribution in [3.63, 3.8) is 0 Å². The molecule has 0 bridgehead atoms. The number of H-pyrrole nitrogens is 1. The van der Waals surface area contributed by atoms with E-state index < -0.39 is 11.6 Å². The fourth-order valence-electron chi connectivity index (χ4n) is 3.94. The molecule has 3 aromatic carbocycles. The van der Waals surface area contributed by atoms with Gasteiger partial charge in [0.15, 0.2) is 0 Å². The van der Waals surface area contributed by atoms with Crippen LogP contribution in [0.15, 0.2) is 65.5 Å². The van der Waals surface area contributed by atoms with Crippen LogP contribution in [0.25, 0.3) is 38.8 Å². The van der Waals surface area contributed by atoms with Gasteiger partial charge >= 0.3 is 0 Å². The average molecular weight is 426 g/mol. The normalized spacial score (nSPS) is 11.2. The molecule has 0 saturated carbocycles. The summed E-state index contributed by atoms with van der Waals surface area (Å²) in [6.07, 6.45) is 0.466. The molecule has 5 rings (SSSR count). The summed E-state index contributed by atoms with van der Waals surface area (Å²) in [6.45, 7) is 1.86. The van der Waals surface area contributed by atoms with E-state index in [1.165, 1.54) is 16.6 Å². The van der Waals surface area contributed by atoms with E-state index in [1.807, 2.05) is 31.2 Å². The number of aromatic amines is 1. The van der Waals surface area contributed by atoms with Crippen LogP contribution in [-0.2, 0) is 6.42 Å². The number of halogens is 2. The third-order valence-electron chi connectivity index (χ3n) is 5.54. The maximum Gasteiger partial charge on any atom is 0.282 e. The monoisotopic (exact) mass is 426 g/mol. The highest BCUT2D eigenvalue weighted by atomic mass is 19.1. The maximum atomic E-state index is 14.6. The van der Waals surface area contributed by atoms with E-state index in [0.717, 1.165) is 17.2 Å². The van der Waals surface area contributed by atoms with Crippen molar-refractivity contribution >= 4 is 16.6 Å². The van der Waals surface area contributed by atoms with Crippen molar-refractivity contribution in [3.05, 3.63) is 93.9 Å². The van der Waals surface area contributed by atoms with Crippen LogP contribution >= 0.6 is 0 Å². The number of nitriles is 1. The summed E-state index contributed by atoms with van der Waals surface area (Å²) >= 11 is 0. The molecule has 156 valence electrons. The first kappa shape index (κ1) is 19.6. The number of nitrogens with zero attached hydrogens (tertiary/aromatic N) is 3. The van der Waals surface area contributed by atoms with Gasteiger partial charge in [0.2, 0.25) is 0 Å². The minimum absolute atomic E-state index is 0.177. The fourth-order valence-corrected chi connectivity index (χ4v) is 3.94. The second-order valence-electron chi connectivity index (χ2n) is 7.44. The average Bonchev–Trinajstić information content (AvgIpc) is 3.17. The van der Waals surface area contributed by atoms with Gasteiger partial charge in [0.25, 0.3) is 5.56 Å². The summed E-state index contributed by atoms with van der Waals surface area (Å²) in [5, 5.41) is 13.8. The third-order valence-corrected chi connectivity index (χ3v) is 5.54. The summed E-state index contributed by atoms with van der Waals surface area (Å²) in [4.78, 5) is 16.4. The molecule has 0 aliphatic carbocycles. The van der Waals surface area contributed by atoms with Crippen LogP contribution in [-0.4, -0.2) is 14.6 Å². The van der Waals surface area contributed by atoms with Crippen LogP contribution in [0.5, 0.6) is 0 Å². The third kappa shape index (κ3) is 3.05. The molecule has 0 aliphatic heterocycles. The maximum absolute atomic E-state index is 14.6. The van der Waals surface area contributed by atoms with Crippen molar-refractivity contribution in [2.75, 3.05) is 0 Å². The zero-order valence-corrected chi connectivity index (χ0v) is 17.0. The first-order chi connectivity index (χ1) is 15.5. The lowest BCUT2D eigenvalue weighted by molar-refractivity contribution is 0.585. The number of hydrogen-bond donors (Lipinski definition) is 1. The molecular formula is C25H16F2N4O. The molecule has 0 saturated heterocycles. The van der Waals surface area contributed by atoms with E-state index in [1.54, 1.807) is 18.2 Å². The van der Waals surface area contributed by atoms with Crippen molar-refractivity contribution in [1.82, 2.24) is 14.6 Å². The second-order valence-corrected chi connectivity index (χ2v) is 7.44. The van der Waals surface area contributed by atoms with E-state index in [-0.39, 0.29) is 11.1 Å². The first-order valence-corrected chi connectivity index (χ1v) is 10.0. The van der Waals surface area contributed by atoms with E-state index in [0.29, 0.717) is 39.8 Å². The SMILES string of the molecule is CCc1nn2c(=O)c3ccc(-c4ccc(C#N)cc4)cc3[nH]c2c1-c1ccc(F)cc1F. The van der Waals surface area contributed by atoms with Gasteiger partial charge in [-0.3, -0.25) is 4.79 Å². The van der Waals surface area contributed by atoms with Crippen molar-refractivity contribution in [1.29, 1.82) is 5.26 Å². The van der Waals surface area contributed by atoms with Gasteiger partial charge in [-0.2, -0.15) is 14.9 Å². The van der Waals surface area contributed by atoms with Crippen molar-refractivity contribution in [3.8, 4) is 28.3 Å². The smallest absolute Gasteiger partial charge is 0.282 e. The Morgan fingerprint density at radius 3 is 2.47 bits per heavy atom. The largest absolute Gasteiger partial charge is 0.339 e. The molecule has 7 heteroatoms. The van der Waals surface area contributed by atoms with Gasteiger partial charge < -0.3 is 4.98 Å². The zero-order valence-electron chi connectivity index (χ0n) is 17.0.